The van der Waals surface area contributed by atoms with E-state index in [2.05, 4.69) is 131 Å². The molecule has 9 aromatic rings. The monoisotopic (exact) mass is 627 g/mol. The van der Waals surface area contributed by atoms with Crippen LogP contribution in [-0.2, 0) is 0 Å². The van der Waals surface area contributed by atoms with Gasteiger partial charge in [-0.3, -0.25) is 9.97 Å². The Bertz CT molecular complexity index is 2520. The van der Waals surface area contributed by atoms with E-state index in [4.69, 9.17) is 9.40 Å². The third-order valence-corrected chi connectivity index (χ3v) is 8.98. The van der Waals surface area contributed by atoms with Gasteiger partial charge in [-0.25, -0.2) is 4.98 Å². The fourth-order valence-corrected chi connectivity index (χ4v) is 6.65. The van der Waals surface area contributed by atoms with E-state index < -0.39 is 0 Å². The van der Waals surface area contributed by atoms with Gasteiger partial charge >= 0.3 is 0 Å². The summed E-state index contributed by atoms with van der Waals surface area (Å²) in [4.78, 5) is 14.2. The molecule has 0 fully saturated rings. The van der Waals surface area contributed by atoms with Crippen LogP contribution < -0.4 is 0 Å². The second kappa shape index (κ2) is 12.2. The number of benzene rings is 5. The summed E-state index contributed by atoms with van der Waals surface area (Å²) in [7, 11) is 0. The minimum absolute atomic E-state index is 0.800. The minimum atomic E-state index is 0.800. The summed E-state index contributed by atoms with van der Waals surface area (Å²) in [6, 6.07) is 56.6. The fraction of sp³-hybridized carbons (Fsp3) is 0. The van der Waals surface area contributed by atoms with Crippen molar-refractivity contribution in [1.82, 2.24) is 15.0 Å². The van der Waals surface area contributed by atoms with Crippen molar-refractivity contribution in [3.8, 4) is 67.3 Å². The van der Waals surface area contributed by atoms with Crippen LogP contribution in [0.2, 0.25) is 0 Å². The first-order valence-corrected chi connectivity index (χ1v) is 16.3. The predicted molar refractivity (Wildman–Crippen MR) is 200 cm³/mol. The highest BCUT2D eigenvalue weighted by Crippen LogP contribution is 2.43. The molecule has 0 amide bonds. The quantitative estimate of drug-likeness (QED) is 0.184. The van der Waals surface area contributed by atoms with E-state index in [1.165, 1.54) is 5.56 Å². The standard InChI is InChI=1S/C45H29N3O/c1-3-13-30(14-4-1)34-26-37(31-15-5-2-6-16-31)45-38(27-34)44-36(19-12-22-43(44)49-45)33-18-11-17-32(25-33)35-28-41(39-20-7-9-23-46-39)48-42(29-35)40-21-8-10-24-47-40/h1-29H. The van der Waals surface area contributed by atoms with Crippen molar-refractivity contribution in [3.63, 3.8) is 0 Å². The summed E-state index contributed by atoms with van der Waals surface area (Å²) < 4.78 is 6.71. The van der Waals surface area contributed by atoms with E-state index in [0.29, 0.717) is 0 Å². The zero-order chi connectivity index (χ0) is 32.6. The summed E-state index contributed by atoms with van der Waals surface area (Å²) in [5.41, 5.74) is 13.8. The van der Waals surface area contributed by atoms with Crippen molar-refractivity contribution in [1.29, 1.82) is 0 Å². The Hall–Kier alpha value is -6.65. The van der Waals surface area contributed by atoms with Crippen LogP contribution in [-0.4, -0.2) is 15.0 Å². The molecule has 0 aliphatic carbocycles. The first-order chi connectivity index (χ1) is 24.3. The third-order valence-electron chi connectivity index (χ3n) is 8.98. The van der Waals surface area contributed by atoms with Gasteiger partial charge in [0.05, 0.1) is 22.8 Å². The van der Waals surface area contributed by atoms with Gasteiger partial charge in [0.2, 0.25) is 0 Å². The Morgan fingerprint density at radius 3 is 1.63 bits per heavy atom. The summed E-state index contributed by atoms with van der Waals surface area (Å²) in [5.74, 6) is 0. The minimum Gasteiger partial charge on any atom is -0.455 e. The van der Waals surface area contributed by atoms with Crippen LogP contribution in [0, 0.1) is 0 Å². The summed E-state index contributed by atoms with van der Waals surface area (Å²) in [6.07, 6.45) is 3.60. The van der Waals surface area contributed by atoms with Crippen molar-refractivity contribution < 1.29 is 4.42 Å². The van der Waals surface area contributed by atoms with E-state index in [-0.39, 0.29) is 0 Å². The zero-order valence-corrected chi connectivity index (χ0v) is 26.5. The SMILES string of the molecule is c1ccc(-c2cc(-c3ccccc3)c3oc4cccc(-c5cccc(-c6cc(-c7ccccn7)nc(-c7ccccn7)c6)c5)c4c3c2)cc1. The van der Waals surface area contributed by atoms with Gasteiger partial charge in [0.25, 0.3) is 0 Å². The highest BCUT2D eigenvalue weighted by Gasteiger charge is 2.19. The molecule has 4 aromatic heterocycles. The molecule has 5 aromatic carbocycles. The Labute approximate surface area is 284 Å². The molecule has 9 rings (SSSR count). The second-order valence-electron chi connectivity index (χ2n) is 12.1. The van der Waals surface area contributed by atoms with E-state index in [0.717, 1.165) is 83.7 Å². The number of furan rings is 1. The van der Waals surface area contributed by atoms with E-state index in [1.54, 1.807) is 12.4 Å². The first kappa shape index (κ1) is 28.6. The van der Waals surface area contributed by atoms with Crippen LogP contribution in [0.15, 0.2) is 181 Å². The van der Waals surface area contributed by atoms with Crippen LogP contribution in [0.25, 0.3) is 89.2 Å². The van der Waals surface area contributed by atoms with Crippen LogP contribution >= 0.6 is 0 Å². The molecule has 4 nitrogen and oxygen atoms in total. The molecule has 0 aliphatic heterocycles. The lowest BCUT2D eigenvalue weighted by atomic mass is 9.92. The summed E-state index contributed by atoms with van der Waals surface area (Å²) in [5, 5.41) is 2.19. The predicted octanol–water partition coefficient (Wildman–Crippen LogP) is 11.8. The van der Waals surface area contributed by atoms with Crippen LogP contribution in [0.5, 0.6) is 0 Å². The molecule has 0 unspecified atom stereocenters. The number of pyridine rings is 3. The molecule has 4 heterocycles. The maximum absolute atomic E-state index is 6.71. The number of hydrogen-bond acceptors (Lipinski definition) is 4. The molecule has 0 saturated carbocycles. The topological polar surface area (TPSA) is 51.8 Å². The van der Waals surface area contributed by atoms with Gasteiger partial charge in [-0.05, 0) is 99.6 Å². The lowest BCUT2D eigenvalue weighted by molar-refractivity contribution is 0.670. The number of hydrogen-bond donors (Lipinski definition) is 0. The summed E-state index contributed by atoms with van der Waals surface area (Å²) >= 11 is 0. The fourth-order valence-electron chi connectivity index (χ4n) is 6.65. The molecule has 0 radical (unpaired) electrons. The van der Waals surface area contributed by atoms with Crippen LogP contribution in [0.1, 0.15) is 0 Å². The molecule has 49 heavy (non-hydrogen) atoms. The van der Waals surface area contributed by atoms with E-state index >= 15 is 0 Å². The first-order valence-electron chi connectivity index (χ1n) is 16.3. The van der Waals surface area contributed by atoms with Crippen molar-refractivity contribution >= 4 is 21.9 Å². The average molecular weight is 628 g/mol. The highest BCUT2D eigenvalue weighted by molar-refractivity contribution is 6.16. The van der Waals surface area contributed by atoms with Crippen molar-refractivity contribution in [2.75, 3.05) is 0 Å². The molecular weight excluding hydrogens is 599 g/mol. The Balaban J connectivity index is 1.24. The molecule has 0 N–H and O–H groups in total. The number of aromatic nitrogens is 3. The summed E-state index contributed by atoms with van der Waals surface area (Å²) in [6.45, 7) is 0. The number of fused-ring (bicyclic) bond motifs is 3. The molecule has 0 saturated heterocycles. The van der Waals surface area contributed by atoms with Gasteiger partial charge in [0.15, 0.2) is 0 Å². The third kappa shape index (κ3) is 5.35. The van der Waals surface area contributed by atoms with Gasteiger partial charge < -0.3 is 4.42 Å². The number of nitrogens with zero attached hydrogens (tertiary/aromatic N) is 3. The lowest BCUT2D eigenvalue weighted by Gasteiger charge is -2.11. The van der Waals surface area contributed by atoms with Crippen molar-refractivity contribution in [3.05, 3.63) is 176 Å². The maximum atomic E-state index is 6.71. The molecule has 0 spiro atoms. The average Bonchev–Trinajstić information content (AvgIpc) is 3.58. The Morgan fingerprint density at radius 2 is 0.959 bits per heavy atom. The smallest absolute Gasteiger partial charge is 0.143 e. The maximum Gasteiger partial charge on any atom is 0.143 e. The van der Waals surface area contributed by atoms with Gasteiger partial charge in [-0.2, -0.15) is 0 Å². The normalized spacial score (nSPS) is 11.3. The van der Waals surface area contributed by atoms with Crippen molar-refractivity contribution in [2.24, 2.45) is 0 Å². The zero-order valence-electron chi connectivity index (χ0n) is 26.5. The molecule has 0 atom stereocenters. The molecule has 230 valence electrons. The Morgan fingerprint density at radius 1 is 0.367 bits per heavy atom. The molecule has 0 bridgehead atoms. The van der Waals surface area contributed by atoms with Crippen molar-refractivity contribution in [2.45, 2.75) is 0 Å². The van der Waals surface area contributed by atoms with Crippen LogP contribution in [0.4, 0.5) is 0 Å². The van der Waals surface area contributed by atoms with Gasteiger partial charge in [0, 0.05) is 28.7 Å². The van der Waals surface area contributed by atoms with Gasteiger partial charge in [-0.15, -0.1) is 0 Å². The molecule has 0 aliphatic rings. The van der Waals surface area contributed by atoms with Gasteiger partial charge in [0.1, 0.15) is 11.2 Å². The molecule has 4 heteroatoms. The molecular formula is C45H29N3O. The highest BCUT2D eigenvalue weighted by atomic mass is 16.3. The van der Waals surface area contributed by atoms with E-state index in [1.807, 2.05) is 42.5 Å². The van der Waals surface area contributed by atoms with Crippen LogP contribution in [0.3, 0.4) is 0 Å². The Kier molecular flexibility index (Phi) is 7.10. The lowest BCUT2D eigenvalue weighted by Crippen LogP contribution is -1.94. The number of rotatable bonds is 6. The van der Waals surface area contributed by atoms with E-state index in [9.17, 15) is 0 Å². The van der Waals surface area contributed by atoms with Gasteiger partial charge in [-0.1, -0.05) is 103 Å². The second-order valence-corrected chi connectivity index (χ2v) is 12.1. The largest absolute Gasteiger partial charge is 0.455 e.